The molecule has 3 amide bonds. The Kier molecular flexibility index (Phi) is 12.6. The molecule has 1 rings (SSSR count). The molecule has 4 N–H and O–H groups in total. The molecule has 33 heavy (non-hydrogen) atoms. The van der Waals surface area contributed by atoms with E-state index in [9.17, 15) is 24.3 Å². The Morgan fingerprint density at radius 3 is 2.21 bits per heavy atom. The fraction of sp³-hybridized carbons (Fsp3) is 0.826. The number of carboxylic acids is 1. The SMILES string of the molecule is CCOC(=O)N[C@@H](CC1CCCCC1)C(=O)N[C@@H](CCCCNC(=O)OC(C)(C)C)C(=O)O. The van der Waals surface area contributed by atoms with Crippen LogP contribution in [0.2, 0.25) is 0 Å². The topological polar surface area (TPSA) is 143 Å². The number of hydrogen-bond acceptors (Lipinski definition) is 6. The second kappa shape index (κ2) is 14.6. The molecule has 0 unspecified atom stereocenters. The van der Waals surface area contributed by atoms with Gasteiger partial charge in [-0.05, 0) is 59.3 Å². The lowest BCUT2D eigenvalue weighted by molar-refractivity contribution is -0.142. The Morgan fingerprint density at radius 1 is 0.970 bits per heavy atom. The van der Waals surface area contributed by atoms with Crippen LogP contribution < -0.4 is 16.0 Å². The molecule has 0 heterocycles. The number of alkyl carbamates (subject to hydrolysis) is 2. The second-order valence-electron chi connectivity index (χ2n) is 9.48. The van der Waals surface area contributed by atoms with Gasteiger partial charge in [0, 0.05) is 6.54 Å². The number of rotatable bonds is 12. The van der Waals surface area contributed by atoms with E-state index in [0.29, 0.717) is 31.7 Å². The molecule has 0 spiro atoms. The molecule has 0 aliphatic heterocycles. The van der Waals surface area contributed by atoms with Crippen molar-refractivity contribution in [3.8, 4) is 0 Å². The highest BCUT2D eigenvalue weighted by molar-refractivity contribution is 5.89. The highest BCUT2D eigenvalue weighted by Crippen LogP contribution is 2.27. The Hall–Kier alpha value is -2.52. The molecule has 190 valence electrons. The molecule has 10 nitrogen and oxygen atoms in total. The first-order valence-corrected chi connectivity index (χ1v) is 11.9. The molecule has 1 saturated carbocycles. The fourth-order valence-electron chi connectivity index (χ4n) is 3.81. The van der Waals surface area contributed by atoms with Gasteiger partial charge in [-0.2, -0.15) is 0 Å². The van der Waals surface area contributed by atoms with Crippen molar-refractivity contribution < 1.29 is 33.8 Å². The number of nitrogens with one attached hydrogen (secondary N) is 3. The molecule has 1 fully saturated rings. The molecular formula is C23H41N3O7. The smallest absolute Gasteiger partial charge is 0.407 e. The minimum absolute atomic E-state index is 0.179. The van der Waals surface area contributed by atoms with Gasteiger partial charge in [0.25, 0.3) is 0 Å². The summed E-state index contributed by atoms with van der Waals surface area (Å²) in [6.45, 7) is 7.50. The number of amides is 3. The van der Waals surface area contributed by atoms with Crippen molar-refractivity contribution in [1.82, 2.24) is 16.0 Å². The van der Waals surface area contributed by atoms with Gasteiger partial charge < -0.3 is 30.5 Å². The molecular weight excluding hydrogens is 430 g/mol. The van der Waals surface area contributed by atoms with E-state index in [1.807, 2.05) is 0 Å². The summed E-state index contributed by atoms with van der Waals surface area (Å²) in [7, 11) is 0. The van der Waals surface area contributed by atoms with Gasteiger partial charge in [0.2, 0.25) is 5.91 Å². The van der Waals surface area contributed by atoms with Crippen molar-refractivity contribution in [2.75, 3.05) is 13.2 Å². The van der Waals surface area contributed by atoms with E-state index >= 15 is 0 Å². The van der Waals surface area contributed by atoms with Crippen LogP contribution in [0.25, 0.3) is 0 Å². The molecule has 2 atom stereocenters. The number of ether oxygens (including phenoxy) is 2. The van der Waals surface area contributed by atoms with E-state index in [4.69, 9.17) is 9.47 Å². The van der Waals surface area contributed by atoms with Gasteiger partial charge in [-0.15, -0.1) is 0 Å². The fourth-order valence-corrected chi connectivity index (χ4v) is 3.81. The van der Waals surface area contributed by atoms with E-state index < -0.39 is 41.7 Å². The second-order valence-corrected chi connectivity index (χ2v) is 9.48. The zero-order chi connectivity index (χ0) is 24.9. The van der Waals surface area contributed by atoms with Gasteiger partial charge in [-0.3, -0.25) is 4.79 Å². The summed E-state index contributed by atoms with van der Waals surface area (Å²) in [4.78, 5) is 48.1. The molecule has 0 aromatic heterocycles. The van der Waals surface area contributed by atoms with Gasteiger partial charge >= 0.3 is 18.2 Å². The summed E-state index contributed by atoms with van der Waals surface area (Å²) >= 11 is 0. The number of carboxylic acid groups (broad SMARTS) is 1. The minimum Gasteiger partial charge on any atom is -0.480 e. The van der Waals surface area contributed by atoms with Crippen molar-refractivity contribution in [3.63, 3.8) is 0 Å². The van der Waals surface area contributed by atoms with Crippen molar-refractivity contribution in [1.29, 1.82) is 0 Å². The third-order valence-corrected chi connectivity index (χ3v) is 5.38. The monoisotopic (exact) mass is 471 g/mol. The highest BCUT2D eigenvalue weighted by atomic mass is 16.6. The number of aliphatic carboxylic acids is 1. The molecule has 0 saturated heterocycles. The summed E-state index contributed by atoms with van der Waals surface area (Å²) in [5.74, 6) is -1.36. The van der Waals surface area contributed by atoms with E-state index in [0.717, 1.165) is 25.7 Å². The summed E-state index contributed by atoms with van der Waals surface area (Å²) in [5, 5.41) is 17.3. The largest absolute Gasteiger partial charge is 0.480 e. The van der Waals surface area contributed by atoms with Crippen LogP contribution in [-0.2, 0) is 19.1 Å². The highest BCUT2D eigenvalue weighted by Gasteiger charge is 2.29. The van der Waals surface area contributed by atoms with Crippen LogP contribution in [0.15, 0.2) is 0 Å². The van der Waals surface area contributed by atoms with Crippen molar-refractivity contribution in [2.24, 2.45) is 5.92 Å². The Morgan fingerprint density at radius 2 is 1.64 bits per heavy atom. The maximum Gasteiger partial charge on any atom is 0.407 e. The lowest BCUT2D eigenvalue weighted by atomic mass is 9.84. The predicted molar refractivity (Wildman–Crippen MR) is 123 cm³/mol. The van der Waals surface area contributed by atoms with Crippen LogP contribution in [0.1, 0.15) is 85.5 Å². The number of unbranched alkanes of at least 4 members (excludes halogenated alkanes) is 1. The molecule has 0 aromatic rings. The first-order valence-electron chi connectivity index (χ1n) is 11.9. The average Bonchev–Trinajstić information content (AvgIpc) is 2.71. The predicted octanol–water partition coefficient (Wildman–Crippen LogP) is 3.34. The summed E-state index contributed by atoms with van der Waals surface area (Å²) in [5.41, 5.74) is -0.589. The summed E-state index contributed by atoms with van der Waals surface area (Å²) in [6, 6.07) is -1.93. The van der Waals surface area contributed by atoms with E-state index in [-0.39, 0.29) is 13.0 Å². The van der Waals surface area contributed by atoms with Gasteiger partial charge in [-0.1, -0.05) is 32.1 Å². The number of carbonyl (C=O) groups is 4. The first-order chi connectivity index (χ1) is 15.5. The van der Waals surface area contributed by atoms with E-state index in [1.165, 1.54) is 6.42 Å². The average molecular weight is 472 g/mol. The van der Waals surface area contributed by atoms with Crippen LogP contribution in [-0.4, -0.2) is 60.0 Å². The molecule has 0 radical (unpaired) electrons. The van der Waals surface area contributed by atoms with Crippen LogP contribution >= 0.6 is 0 Å². The van der Waals surface area contributed by atoms with Crippen LogP contribution in [0.4, 0.5) is 9.59 Å². The number of hydrogen-bond donors (Lipinski definition) is 4. The van der Waals surface area contributed by atoms with Crippen molar-refractivity contribution in [3.05, 3.63) is 0 Å². The molecule has 1 aliphatic carbocycles. The number of carbonyl (C=O) groups excluding carboxylic acids is 3. The lowest BCUT2D eigenvalue weighted by Crippen LogP contribution is -2.52. The maximum absolute atomic E-state index is 12.9. The van der Waals surface area contributed by atoms with E-state index in [2.05, 4.69) is 16.0 Å². The Bertz CT molecular complexity index is 642. The third-order valence-electron chi connectivity index (χ3n) is 5.38. The third kappa shape index (κ3) is 12.9. The van der Waals surface area contributed by atoms with Gasteiger partial charge in [-0.25, -0.2) is 14.4 Å². The van der Waals surface area contributed by atoms with Crippen LogP contribution in [0, 0.1) is 5.92 Å². The lowest BCUT2D eigenvalue weighted by Gasteiger charge is -2.27. The zero-order valence-electron chi connectivity index (χ0n) is 20.4. The Balaban J connectivity index is 2.56. The van der Waals surface area contributed by atoms with Gasteiger partial charge in [0.1, 0.15) is 17.7 Å². The molecule has 0 aromatic carbocycles. The van der Waals surface area contributed by atoms with Crippen molar-refractivity contribution >= 4 is 24.1 Å². The zero-order valence-corrected chi connectivity index (χ0v) is 20.4. The molecule has 1 aliphatic rings. The van der Waals surface area contributed by atoms with E-state index in [1.54, 1.807) is 27.7 Å². The first kappa shape index (κ1) is 28.5. The molecule has 0 bridgehead atoms. The van der Waals surface area contributed by atoms with Crippen LogP contribution in [0.5, 0.6) is 0 Å². The quantitative estimate of drug-likeness (QED) is 0.320. The maximum atomic E-state index is 12.9. The summed E-state index contributed by atoms with van der Waals surface area (Å²) in [6.07, 6.45) is 5.78. The normalized spacial score (nSPS) is 16.2. The summed E-state index contributed by atoms with van der Waals surface area (Å²) < 4.78 is 10.1. The van der Waals surface area contributed by atoms with Gasteiger partial charge in [0.05, 0.1) is 6.61 Å². The standard InChI is InChI=1S/C23H41N3O7/c1-5-32-22(31)26-18(15-16-11-7-6-8-12-16)19(27)25-17(20(28)29)13-9-10-14-24-21(30)33-23(2,3)4/h16-18H,5-15H2,1-4H3,(H,24,30)(H,25,27)(H,26,31)(H,28,29)/t17-,18-/m0/s1. The van der Waals surface area contributed by atoms with Gasteiger partial charge in [0.15, 0.2) is 0 Å². The van der Waals surface area contributed by atoms with Crippen LogP contribution in [0.3, 0.4) is 0 Å². The molecule has 10 heteroatoms. The minimum atomic E-state index is -1.14. The van der Waals surface area contributed by atoms with Crippen molar-refractivity contribution in [2.45, 2.75) is 103 Å². The Labute approximate surface area is 196 Å².